The molecule has 5 heterocycles. The Hall–Kier alpha value is -3.26. The lowest BCUT2D eigenvalue weighted by molar-refractivity contribution is 0.0700. The first kappa shape index (κ1) is 20.6. The van der Waals surface area contributed by atoms with Gasteiger partial charge in [0.1, 0.15) is 11.3 Å². The van der Waals surface area contributed by atoms with Crippen LogP contribution in [0.3, 0.4) is 0 Å². The molecule has 1 N–H and O–H groups in total. The largest absolute Gasteiger partial charge is 0.337 e. The predicted molar refractivity (Wildman–Crippen MR) is 127 cm³/mol. The molecule has 1 unspecified atom stereocenters. The second-order valence-electron chi connectivity index (χ2n) is 8.53. The number of thiazole rings is 1. The van der Waals surface area contributed by atoms with Crippen LogP contribution in [0.1, 0.15) is 51.9 Å². The summed E-state index contributed by atoms with van der Waals surface area (Å²) in [6.07, 6.45) is 5.74. The number of fused-ring (bicyclic) bond motifs is 1. The highest BCUT2D eigenvalue weighted by Gasteiger charge is 2.28. The van der Waals surface area contributed by atoms with Gasteiger partial charge < -0.3 is 14.6 Å². The first-order chi connectivity index (χ1) is 15.4. The zero-order valence-corrected chi connectivity index (χ0v) is 19.3. The van der Waals surface area contributed by atoms with Crippen molar-refractivity contribution in [2.75, 3.05) is 18.4 Å². The molecule has 8 heteroatoms. The summed E-state index contributed by atoms with van der Waals surface area (Å²) in [4.78, 5) is 29.0. The molecule has 164 valence electrons. The summed E-state index contributed by atoms with van der Waals surface area (Å²) in [5, 5.41) is 6.31. The monoisotopic (exact) mass is 446 g/mol. The Balaban J connectivity index is 1.35. The van der Waals surface area contributed by atoms with Gasteiger partial charge in [-0.15, -0.1) is 11.3 Å². The molecule has 0 spiro atoms. The number of rotatable bonds is 4. The molecule has 1 fully saturated rings. The molecule has 0 saturated carbocycles. The molecular formula is C24H26N6OS. The predicted octanol–water partition coefficient (Wildman–Crippen LogP) is 4.87. The van der Waals surface area contributed by atoms with Gasteiger partial charge in [0.25, 0.3) is 5.91 Å². The van der Waals surface area contributed by atoms with Gasteiger partial charge in [0.05, 0.1) is 5.69 Å². The molecule has 5 rings (SSSR count). The molecule has 1 atom stereocenters. The zero-order valence-electron chi connectivity index (χ0n) is 18.5. The van der Waals surface area contributed by atoms with E-state index in [1.807, 2.05) is 66.0 Å². The number of amides is 1. The lowest BCUT2D eigenvalue weighted by Crippen LogP contribution is -2.39. The molecule has 1 amide bonds. The minimum Gasteiger partial charge on any atom is -0.337 e. The minimum absolute atomic E-state index is 0.0136. The molecule has 0 radical (unpaired) electrons. The maximum absolute atomic E-state index is 13.2. The normalized spacial score (nSPS) is 16.5. The molecule has 1 aliphatic heterocycles. The zero-order chi connectivity index (χ0) is 22.2. The Labute approximate surface area is 191 Å². The number of aromatic nitrogens is 4. The van der Waals surface area contributed by atoms with E-state index in [-0.39, 0.29) is 11.8 Å². The Bertz CT molecular complexity index is 1290. The highest BCUT2D eigenvalue weighted by molar-refractivity contribution is 7.13. The van der Waals surface area contributed by atoms with Crippen LogP contribution in [0.2, 0.25) is 0 Å². The number of carbonyl (C=O) groups excluding carboxylic acids is 1. The molecule has 1 aliphatic rings. The Morgan fingerprint density at radius 3 is 2.81 bits per heavy atom. The fourth-order valence-corrected chi connectivity index (χ4v) is 4.97. The number of nitrogens with zero attached hydrogens (tertiary/aromatic N) is 5. The van der Waals surface area contributed by atoms with Crippen molar-refractivity contribution >= 4 is 33.7 Å². The van der Waals surface area contributed by atoms with Crippen LogP contribution in [0.15, 0.2) is 42.0 Å². The number of nitrogens with one attached hydrogen (secondary N) is 1. The van der Waals surface area contributed by atoms with E-state index in [4.69, 9.17) is 4.98 Å². The number of anilines is 2. The molecule has 0 bridgehead atoms. The quantitative estimate of drug-likeness (QED) is 0.484. The summed E-state index contributed by atoms with van der Waals surface area (Å²) in [6.45, 7) is 7.42. The van der Waals surface area contributed by atoms with Crippen molar-refractivity contribution in [1.82, 2.24) is 24.3 Å². The van der Waals surface area contributed by atoms with E-state index in [9.17, 15) is 4.79 Å². The molecule has 0 aliphatic carbocycles. The topological polar surface area (TPSA) is 75.4 Å². The Morgan fingerprint density at radius 2 is 2.00 bits per heavy atom. The Morgan fingerprint density at radius 1 is 1.12 bits per heavy atom. The second-order valence-corrected chi connectivity index (χ2v) is 9.39. The number of imidazole rings is 1. The first-order valence-electron chi connectivity index (χ1n) is 10.9. The molecule has 4 aromatic rings. The van der Waals surface area contributed by atoms with E-state index < -0.39 is 0 Å². The number of hydrogen-bond acceptors (Lipinski definition) is 6. The number of aryl methyl sites for hydroxylation is 3. The summed E-state index contributed by atoms with van der Waals surface area (Å²) in [7, 11) is 0. The number of piperidine rings is 1. The van der Waals surface area contributed by atoms with Crippen LogP contribution >= 0.6 is 11.3 Å². The summed E-state index contributed by atoms with van der Waals surface area (Å²) in [5.41, 5.74) is 6.39. The second kappa shape index (κ2) is 8.35. The van der Waals surface area contributed by atoms with E-state index in [1.165, 1.54) is 0 Å². The number of likely N-dealkylation sites (tertiary alicyclic amines) is 1. The smallest absolute Gasteiger partial charge is 0.274 e. The van der Waals surface area contributed by atoms with E-state index in [2.05, 4.69) is 21.4 Å². The van der Waals surface area contributed by atoms with Crippen LogP contribution in [0.4, 0.5) is 10.8 Å². The molecule has 0 aromatic carbocycles. The van der Waals surface area contributed by atoms with Crippen molar-refractivity contribution in [3.8, 4) is 0 Å². The first-order valence-corrected chi connectivity index (χ1v) is 11.7. The van der Waals surface area contributed by atoms with Gasteiger partial charge in [-0.1, -0.05) is 0 Å². The summed E-state index contributed by atoms with van der Waals surface area (Å²) >= 11 is 1.59. The van der Waals surface area contributed by atoms with Crippen molar-refractivity contribution in [2.45, 2.75) is 39.5 Å². The minimum atomic E-state index is -0.0136. The fraction of sp³-hybridized carbons (Fsp3) is 0.333. The summed E-state index contributed by atoms with van der Waals surface area (Å²) in [6, 6.07) is 8.13. The molecule has 7 nitrogen and oxygen atoms in total. The molecule has 4 aromatic heterocycles. The lowest BCUT2D eigenvalue weighted by atomic mass is 9.93. The van der Waals surface area contributed by atoms with Gasteiger partial charge >= 0.3 is 0 Å². The number of carbonyl (C=O) groups is 1. The van der Waals surface area contributed by atoms with Gasteiger partial charge in [-0.25, -0.2) is 9.97 Å². The van der Waals surface area contributed by atoms with Crippen LogP contribution in [0, 0.1) is 20.8 Å². The van der Waals surface area contributed by atoms with Crippen molar-refractivity contribution in [2.24, 2.45) is 0 Å². The van der Waals surface area contributed by atoms with Crippen LogP contribution in [0.5, 0.6) is 0 Å². The van der Waals surface area contributed by atoms with Gasteiger partial charge in [0, 0.05) is 53.9 Å². The SMILES string of the molecule is Cc1ccn2cc(C(=O)N3CCCC(c4cc(Nc5nc(C)cs5)cc(C)n4)C3)nc2c1. The maximum Gasteiger partial charge on any atom is 0.274 e. The van der Waals surface area contributed by atoms with Crippen LogP contribution in [-0.4, -0.2) is 43.2 Å². The van der Waals surface area contributed by atoms with Gasteiger partial charge in [-0.2, -0.15) is 0 Å². The number of hydrogen-bond donors (Lipinski definition) is 1. The van der Waals surface area contributed by atoms with Gasteiger partial charge in [-0.05, 0) is 63.4 Å². The summed E-state index contributed by atoms with van der Waals surface area (Å²) < 4.78 is 1.90. The van der Waals surface area contributed by atoms with Crippen LogP contribution in [-0.2, 0) is 0 Å². The van der Waals surface area contributed by atoms with Gasteiger partial charge in [0.15, 0.2) is 5.13 Å². The summed E-state index contributed by atoms with van der Waals surface area (Å²) in [5.74, 6) is 0.186. The Kier molecular flexibility index (Phi) is 5.38. The van der Waals surface area contributed by atoms with E-state index in [0.29, 0.717) is 12.2 Å². The van der Waals surface area contributed by atoms with E-state index in [1.54, 1.807) is 11.3 Å². The van der Waals surface area contributed by atoms with E-state index in [0.717, 1.165) is 58.5 Å². The third-order valence-electron chi connectivity index (χ3n) is 5.81. The lowest BCUT2D eigenvalue weighted by Gasteiger charge is -2.32. The highest BCUT2D eigenvalue weighted by Crippen LogP contribution is 2.30. The average molecular weight is 447 g/mol. The average Bonchev–Trinajstić information content (AvgIpc) is 3.38. The van der Waals surface area contributed by atoms with Gasteiger partial charge in [0.2, 0.25) is 0 Å². The van der Waals surface area contributed by atoms with Crippen molar-refractivity contribution in [3.05, 3.63) is 70.4 Å². The van der Waals surface area contributed by atoms with Crippen molar-refractivity contribution < 1.29 is 4.79 Å². The van der Waals surface area contributed by atoms with Crippen molar-refractivity contribution in [3.63, 3.8) is 0 Å². The van der Waals surface area contributed by atoms with Crippen molar-refractivity contribution in [1.29, 1.82) is 0 Å². The highest BCUT2D eigenvalue weighted by atomic mass is 32.1. The third kappa shape index (κ3) is 4.23. The van der Waals surface area contributed by atoms with Crippen LogP contribution in [0.25, 0.3) is 5.65 Å². The molecule has 1 saturated heterocycles. The van der Waals surface area contributed by atoms with E-state index >= 15 is 0 Å². The number of pyridine rings is 2. The molecule has 32 heavy (non-hydrogen) atoms. The van der Waals surface area contributed by atoms with Crippen LogP contribution < -0.4 is 5.32 Å². The fourth-order valence-electron chi connectivity index (χ4n) is 4.26. The standard InChI is InChI=1S/C24H26N6OS/c1-15-6-8-29-13-21(28-22(29)9-15)23(31)30-7-4-5-18(12-30)20-11-19(10-16(2)25-20)27-24-26-17(3)14-32-24/h6,8-11,13-14,18H,4-5,7,12H2,1-3H3,(H,25,26,27). The third-order valence-corrected chi connectivity index (χ3v) is 6.68. The van der Waals surface area contributed by atoms with Gasteiger partial charge in [-0.3, -0.25) is 9.78 Å². The molecular weight excluding hydrogens is 420 g/mol. The maximum atomic E-state index is 13.2.